The Balaban J connectivity index is 0. The molecule has 0 spiro atoms. The molecule has 0 heterocycles. The van der Waals surface area contributed by atoms with E-state index in [9.17, 15) is 0 Å². The summed E-state index contributed by atoms with van der Waals surface area (Å²) in [4.78, 5) is 0. The lowest BCUT2D eigenvalue weighted by molar-refractivity contribution is 0.374. The van der Waals surface area contributed by atoms with Crippen molar-refractivity contribution in [2.45, 2.75) is 60.3 Å². The van der Waals surface area contributed by atoms with Crippen LogP contribution in [0.2, 0.25) is 0 Å². The van der Waals surface area contributed by atoms with Gasteiger partial charge in [-0.15, -0.1) is 0 Å². The molecule has 0 aromatic heterocycles. The van der Waals surface area contributed by atoms with Crippen LogP contribution >= 0.6 is 0 Å². The van der Waals surface area contributed by atoms with Crippen molar-refractivity contribution in [1.82, 2.24) is 5.32 Å². The summed E-state index contributed by atoms with van der Waals surface area (Å²) in [7, 11) is 0. The number of nitrogens with one attached hydrogen (secondary N) is 1. The minimum Gasteiger partial charge on any atom is -0.316 e. The largest absolute Gasteiger partial charge is 0.316 e. The molecule has 0 aromatic rings. The first-order valence-electron chi connectivity index (χ1n) is 6.16. The van der Waals surface area contributed by atoms with Crippen molar-refractivity contribution >= 4 is 0 Å². The molecule has 0 aromatic carbocycles. The first kappa shape index (κ1) is 14.0. The standard InChI is InChI=1S/C13H29N.H2/c1-6-12(2)9-7-8-10-14-11-13(3,4)5;/h12,14H,6-11H2,1-5H3;1H/t12-;/m0./s1. The molecule has 0 aliphatic rings. The summed E-state index contributed by atoms with van der Waals surface area (Å²) in [5.74, 6) is 0.914. The zero-order valence-corrected chi connectivity index (χ0v) is 10.8. The van der Waals surface area contributed by atoms with E-state index in [4.69, 9.17) is 0 Å². The van der Waals surface area contributed by atoms with E-state index in [0.29, 0.717) is 5.41 Å². The predicted molar refractivity (Wildman–Crippen MR) is 67.7 cm³/mol. The fraction of sp³-hybridized carbons (Fsp3) is 1.00. The Morgan fingerprint density at radius 3 is 2.36 bits per heavy atom. The fourth-order valence-electron chi connectivity index (χ4n) is 1.41. The van der Waals surface area contributed by atoms with Crippen LogP contribution < -0.4 is 5.32 Å². The molecule has 0 aliphatic heterocycles. The second-order valence-corrected chi connectivity index (χ2v) is 5.75. The molecule has 0 saturated heterocycles. The fourth-order valence-corrected chi connectivity index (χ4v) is 1.41. The Kier molecular flexibility index (Phi) is 7.26. The van der Waals surface area contributed by atoms with Crippen molar-refractivity contribution in [2.24, 2.45) is 11.3 Å². The van der Waals surface area contributed by atoms with E-state index in [0.717, 1.165) is 12.5 Å². The Bertz CT molecular complexity index is 129. The van der Waals surface area contributed by atoms with E-state index < -0.39 is 0 Å². The quantitative estimate of drug-likeness (QED) is 0.612. The third-order valence-corrected chi connectivity index (χ3v) is 2.65. The van der Waals surface area contributed by atoms with Gasteiger partial charge in [-0.3, -0.25) is 0 Å². The molecular weight excluding hydrogens is 170 g/mol. The molecule has 1 nitrogen and oxygen atoms in total. The van der Waals surface area contributed by atoms with Crippen LogP contribution in [-0.4, -0.2) is 13.1 Å². The zero-order valence-electron chi connectivity index (χ0n) is 10.8. The summed E-state index contributed by atoms with van der Waals surface area (Å²) in [6, 6.07) is 0. The summed E-state index contributed by atoms with van der Waals surface area (Å²) in [5.41, 5.74) is 0.427. The lowest BCUT2D eigenvalue weighted by Gasteiger charge is -2.18. The zero-order chi connectivity index (χ0) is 11.0. The highest BCUT2D eigenvalue weighted by Gasteiger charge is 2.08. The van der Waals surface area contributed by atoms with E-state index >= 15 is 0 Å². The van der Waals surface area contributed by atoms with Crippen LogP contribution in [0.15, 0.2) is 0 Å². The third-order valence-electron chi connectivity index (χ3n) is 2.65. The second-order valence-electron chi connectivity index (χ2n) is 5.75. The van der Waals surface area contributed by atoms with Gasteiger partial charge in [0, 0.05) is 1.43 Å². The van der Waals surface area contributed by atoms with Gasteiger partial charge in [0.25, 0.3) is 0 Å². The summed E-state index contributed by atoms with van der Waals surface area (Å²) < 4.78 is 0. The van der Waals surface area contributed by atoms with Gasteiger partial charge in [-0.05, 0) is 30.8 Å². The lowest BCUT2D eigenvalue weighted by atomic mass is 9.97. The van der Waals surface area contributed by atoms with E-state index in [1.165, 1.54) is 32.2 Å². The monoisotopic (exact) mass is 201 g/mol. The molecule has 0 unspecified atom stereocenters. The van der Waals surface area contributed by atoms with Gasteiger partial charge in [-0.2, -0.15) is 0 Å². The highest BCUT2D eigenvalue weighted by atomic mass is 14.9. The Morgan fingerprint density at radius 2 is 1.86 bits per heavy atom. The molecule has 88 valence electrons. The van der Waals surface area contributed by atoms with Crippen molar-refractivity contribution in [3.63, 3.8) is 0 Å². The van der Waals surface area contributed by atoms with Crippen molar-refractivity contribution in [2.75, 3.05) is 13.1 Å². The molecule has 1 heteroatoms. The Morgan fingerprint density at radius 1 is 1.21 bits per heavy atom. The molecule has 0 rings (SSSR count). The molecule has 0 aliphatic carbocycles. The summed E-state index contributed by atoms with van der Waals surface area (Å²) in [6.07, 6.45) is 5.44. The summed E-state index contributed by atoms with van der Waals surface area (Å²) >= 11 is 0. The van der Waals surface area contributed by atoms with Gasteiger partial charge >= 0.3 is 0 Å². The normalized spacial score (nSPS) is 14.4. The highest BCUT2D eigenvalue weighted by Crippen LogP contribution is 2.12. The van der Waals surface area contributed by atoms with Crippen molar-refractivity contribution in [3.8, 4) is 0 Å². The van der Waals surface area contributed by atoms with Crippen molar-refractivity contribution in [3.05, 3.63) is 0 Å². The molecule has 14 heavy (non-hydrogen) atoms. The molecule has 1 atom stereocenters. The van der Waals surface area contributed by atoms with Gasteiger partial charge < -0.3 is 5.32 Å². The van der Waals surface area contributed by atoms with E-state index in [-0.39, 0.29) is 1.43 Å². The van der Waals surface area contributed by atoms with Crippen LogP contribution in [0, 0.1) is 11.3 Å². The van der Waals surface area contributed by atoms with Gasteiger partial charge in [0.05, 0.1) is 0 Å². The molecule has 0 saturated carbocycles. The maximum Gasteiger partial charge on any atom is 0 e. The van der Waals surface area contributed by atoms with Gasteiger partial charge in [0.2, 0.25) is 0 Å². The topological polar surface area (TPSA) is 12.0 Å². The first-order chi connectivity index (χ1) is 6.45. The molecule has 0 fully saturated rings. The van der Waals surface area contributed by atoms with Crippen LogP contribution in [-0.2, 0) is 0 Å². The van der Waals surface area contributed by atoms with Gasteiger partial charge in [0.1, 0.15) is 0 Å². The molecule has 1 N–H and O–H groups in total. The van der Waals surface area contributed by atoms with Crippen LogP contribution in [0.5, 0.6) is 0 Å². The molecule has 0 amide bonds. The highest BCUT2D eigenvalue weighted by molar-refractivity contribution is 4.64. The van der Waals surface area contributed by atoms with Crippen LogP contribution in [0.4, 0.5) is 0 Å². The molecule has 0 bridgehead atoms. The second kappa shape index (κ2) is 7.28. The van der Waals surface area contributed by atoms with Gasteiger partial charge in [-0.1, -0.05) is 53.9 Å². The Hall–Kier alpha value is -0.0400. The minimum absolute atomic E-state index is 0. The number of rotatable bonds is 7. The minimum atomic E-state index is 0. The SMILES string of the molecule is CC[C@H](C)CCCCNCC(C)(C)C.[HH]. The number of hydrogen-bond acceptors (Lipinski definition) is 1. The van der Waals surface area contributed by atoms with Crippen LogP contribution in [0.1, 0.15) is 61.7 Å². The predicted octanol–water partition coefficient (Wildman–Crippen LogP) is 4.08. The van der Waals surface area contributed by atoms with Gasteiger partial charge in [-0.25, -0.2) is 0 Å². The van der Waals surface area contributed by atoms with Gasteiger partial charge in [0.15, 0.2) is 0 Å². The smallest absolute Gasteiger partial charge is 0 e. The van der Waals surface area contributed by atoms with Crippen molar-refractivity contribution in [1.29, 1.82) is 0 Å². The Labute approximate surface area is 92.2 Å². The summed E-state index contributed by atoms with van der Waals surface area (Å²) in [5, 5.41) is 3.52. The lowest BCUT2D eigenvalue weighted by Crippen LogP contribution is -2.27. The molecular formula is C13H31N. The summed E-state index contributed by atoms with van der Waals surface area (Å²) in [6.45, 7) is 13.8. The molecule has 0 radical (unpaired) electrons. The van der Waals surface area contributed by atoms with Crippen LogP contribution in [0.3, 0.4) is 0 Å². The van der Waals surface area contributed by atoms with Crippen molar-refractivity contribution < 1.29 is 1.43 Å². The maximum absolute atomic E-state index is 3.52. The van der Waals surface area contributed by atoms with E-state index in [1.807, 2.05) is 0 Å². The maximum atomic E-state index is 3.52. The number of hydrogen-bond donors (Lipinski definition) is 1. The van der Waals surface area contributed by atoms with E-state index in [1.54, 1.807) is 0 Å². The average Bonchev–Trinajstić information content (AvgIpc) is 2.08. The van der Waals surface area contributed by atoms with Crippen LogP contribution in [0.25, 0.3) is 0 Å². The third kappa shape index (κ3) is 10.0. The average molecular weight is 201 g/mol. The van der Waals surface area contributed by atoms with E-state index in [2.05, 4.69) is 39.9 Å². The number of unbranched alkanes of at least 4 members (excludes halogenated alkanes) is 1. The first-order valence-corrected chi connectivity index (χ1v) is 6.16.